The fourth-order valence-corrected chi connectivity index (χ4v) is 1.89. The number of hydrogen-bond acceptors (Lipinski definition) is 2. The molecule has 2 heteroatoms. The summed E-state index contributed by atoms with van der Waals surface area (Å²) in [5.41, 5.74) is 0. The molecule has 0 spiro atoms. The van der Waals surface area contributed by atoms with Crippen molar-refractivity contribution in [2.24, 2.45) is 0 Å². The van der Waals surface area contributed by atoms with Gasteiger partial charge in [-0.3, -0.25) is 0 Å². The molecule has 0 aliphatic carbocycles. The second-order valence-electron chi connectivity index (χ2n) is 1.82. The van der Waals surface area contributed by atoms with E-state index in [4.69, 9.17) is 5.11 Å². The van der Waals surface area contributed by atoms with Crippen LogP contribution in [0, 0.1) is 0 Å². The first-order chi connectivity index (χ1) is 4.43. The van der Waals surface area contributed by atoms with Crippen molar-refractivity contribution < 1.29 is 5.11 Å². The molecule has 1 aliphatic rings. The van der Waals surface area contributed by atoms with Gasteiger partial charge in [0.1, 0.15) is 0 Å². The van der Waals surface area contributed by atoms with Gasteiger partial charge in [0.05, 0.1) is 6.61 Å². The van der Waals surface area contributed by atoms with Crippen molar-refractivity contribution in [3.05, 3.63) is 0 Å². The van der Waals surface area contributed by atoms with Crippen LogP contribution in [0.1, 0.15) is 26.7 Å². The molecule has 1 atom stereocenters. The third kappa shape index (κ3) is 3.82. The Balaban J connectivity index is 0.000000291. The lowest BCUT2D eigenvalue weighted by molar-refractivity contribution is 0.293. The van der Waals surface area contributed by atoms with Crippen LogP contribution in [0.4, 0.5) is 0 Å². The first-order valence-electron chi connectivity index (χ1n) is 3.66. The average Bonchev–Trinajstić information content (AvgIpc) is 2.43. The van der Waals surface area contributed by atoms with Crippen molar-refractivity contribution in [1.29, 1.82) is 0 Å². The molecule has 0 saturated carbocycles. The van der Waals surface area contributed by atoms with Crippen LogP contribution in [0.5, 0.6) is 0 Å². The van der Waals surface area contributed by atoms with Crippen molar-refractivity contribution in [3.8, 4) is 0 Å². The Labute approximate surface area is 61.8 Å². The van der Waals surface area contributed by atoms with Crippen LogP contribution in [0.2, 0.25) is 0 Å². The fraction of sp³-hybridized carbons (Fsp3) is 1.00. The number of thioether (sulfide) groups is 1. The topological polar surface area (TPSA) is 20.2 Å². The molecule has 1 heterocycles. The molecular weight excluding hydrogens is 132 g/mol. The first-order valence-corrected chi connectivity index (χ1v) is 4.71. The highest BCUT2D eigenvalue weighted by molar-refractivity contribution is 8.00. The summed E-state index contributed by atoms with van der Waals surface area (Å²) in [6, 6.07) is 0. The zero-order valence-electron chi connectivity index (χ0n) is 6.26. The van der Waals surface area contributed by atoms with E-state index in [1.54, 1.807) is 0 Å². The molecule has 1 rings (SSSR count). The maximum absolute atomic E-state index is 8.55. The molecule has 0 aromatic rings. The van der Waals surface area contributed by atoms with Crippen LogP contribution in [-0.2, 0) is 0 Å². The summed E-state index contributed by atoms with van der Waals surface area (Å²) >= 11 is 1.89. The van der Waals surface area contributed by atoms with E-state index in [0.717, 1.165) is 0 Å². The van der Waals surface area contributed by atoms with Crippen molar-refractivity contribution in [2.75, 3.05) is 12.4 Å². The molecule has 56 valence electrons. The Morgan fingerprint density at radius 3 is 2.44 bits per heavy atom. The summed E-state index contributed by atoms with van der Waals surface area (Å²) in [5, 5.41) is 9.11. The van der Waals surface area contributed by atoms with Crippen LogP contribution in [0.3, 0.4) is 0 Å². The molecule has 0 bridgehead atoms. The molecule has 1 aliphatic heterocycles. The quantitative estimate of drug-likeness (QED) is 0.613. The van der Waals surface area contributed by atoms with Crippen LogP contribution in [-0.4, -0.2) is 22.7 Å². The van der Waals surface area contributed by atoms with E-state index in [2.05, 4.69) is 0 Å². The van der Waals surface area contributed by atoms with E-state index < -0.39 is 0 Å². The van der Waals surface area contributed by atoms with E-state index >= 15 is 0 Å². The summed E-state index contributed by atoms with van der Waals surface area (Å²) in [5.74, 6) is 1.26. The van der Waals surface area contributed by atoms with Gasteiger partial charge in [-0.15, -0.1) is 0 Å². The molecule has 1 saturated heterocycles. The summed E-state index contributed by atoms with van der Waals surface area (Å²) < 4.78 is 0. The minimum absolute atomic E-state index is 0.380. The lowest BCUT2D eigenvalue weighted by Gasteiger charge is -1.98. The predicted molar refractivity (Wildman–Crippen MR) is 43.9 cm³/mol. The maximum atomic E-state index is 8.55. The standard InChI is InChI=1S/C5H10OS.C2H6/c6-4-5-2-1-3-7-5;1-2/h5-6H,1-4H2;1-2H3. The van der Waals surface area contributed by atoms with Crippen LogP contribution >= 0.6 is 11.8 Å². The number of aliphatic hydroxyl groups excluding tert-OH is 1. The minimum atomic E-state index is 0.380. The van der Waals surface area contributed by atoms with Gasteiger partial charge < -0.3 is 5.11 Å². The van der Waals surface area contributed by atoms with Crippen LogP contribution in [0.25, 0.3) is 0 Å². The number of aliphatic hydroxyl groups is 1. The van der Waals surface area contributed by atoms with E-state index in [1.807, 2.05) is 25.6 Å². The molecule has 0 aromatic heterocycles. The molecule has 1 unspecified atom stereocenters. The minimum Gasteiger partial charge on any atom is -0.395 e. The monoisotopic (exact) mass is 148 g/mol. The Bertz CT molecular complexity index is 50.9. The highest BCUT2D eigenvalue weighted by Gasteiger charge is 2.12. The van der Waals surface area contributed by atoms with E-state index in [9.17, 15) is 0 Å². The van der Waals surface area contributed by atoms with Gasteiger partial charge in [-0.05, 0) is 18.6 Å². The SMILES string of the molecule is CC.OCC1CCCS1. The normalized spacial score (nSPS) is 25.0. The second-order valence-corrected chi connectivity index (χ2v) is 3.23. The van der Waals surface area contributed by atoms with E-state index in [-0.39, 0.29) is 0 Å². The Morgan fingerprint density at radius 2 is 2.22 bits per heavy atom. The van der Waals surface area contributed by atoms with Gasteiger partial charge in [0, 0.05) is 5.25 Å². The average molecular weight is 148 g/mol. The molecule has 0 amide bonds. The van der Waals surface area contributed by atoms with Gasteiger partial charge >= 0.3 is 0 Å². The largest absolute Gasteiger partial charge is 0.395 e. The highest BCUT2D eigenvalue weighted by atomic mass is 32.2. The predicted octanol–water partition coefficient (Wildman–Crippen LogP) is 1.90. The molecule has 1 fully saturated rings. The first kappa shape index (κ1) is 9.31. The Hall–Kier alpha value is 0.310. The number of hydrogen-bond donors (Lipinski definition) is 1. The van der Waals surface area contributed by atoms with Crippen molar-refractivity contribution in [2.45, 2.75) is 31.9 Å². The van der Waals surface area contributed by atoms with Gasteiger partial charge in [-0.2, -0.15) is 11.8 Å². The summed E-state index contributed by atoms with van der Waals surface area (Å²) in [6.07, 6.45) is 2.52. The third-order valence-electron chi connectivity index (χ3n) is 1.23. The summed E-state index contributed by atoms with van der Waals surface area (Å²) in [4.78, 5) is 0. The molecule has 0 aromatic carbocycles. The van der Waals surface area contributed by atoms with Gasteiger partial charge in [0.15, 0.2) is 0 Å². The van der Waals surface area contributed by atoms with Crippen LogP contribution in [0.15, 0.2) is 0 Å². The summed E-state index contributed by atoms with van der Waals surface area (Å²) in [7, 11) is 0. The van der Waals surface area contributed by atoms with Gasteiger partial charge in [0.2, 0.25) is 0 Å². The van der Waals surface area contributed by atoms with Gasteiger partial charge in [-0.1, -0.05) is 13.8 Å². The molecule has 1 N–H and O–H groups in total. The second kappa shape index (κ2) is 6.43. The fourth-order valence-electron chi connectivity index (χ4n) is 0.788. The molecule has 0 radical (unpaired) electrons. The van der Waals surface area contributed by atoms with Crippen molar-refractivity contribution in [3.63, 3.8) is 0 Å². The lowest BCUT2D eigenvalue weighted by Crippen LogP contribution is -2.01. The molecular formula is C7H16OS. The summed E-state index contributed by atoms with van der Waals surface area (Å²) in [6.45, 7) is 4.38. The molecule has 9 heavy (non-hydrogen) atoms. The van der Waals surface area contributed by atoms with E-state index in [0.29, 0.717) is 11.9 Å². The van der Waals surface area contributed by atoms with Gasteiger partial charge in [-0.25, -0.2) is 0 Å². The Kier molecular flexibility index (Phi) is 6.65. The third-order valence-corrected chi connectivity index (χ3v) is 2.61. The van der Waals surface area contributed by atoms with Crippen molar-refractivity contribution >= 4 is 11.8 Å². The Morgan fingerprint density at radius 1 is 1.56 bits per heavy atom. The lowest BCUT2D eigenvalue weighted by atomic mass is 10.3. The van der Waals surface area contributed by atoms with Crippen LogP contribution < -0.4 is 0 Å². The van der Waals surface area contributed by atoms with E-state index in [1.165, 1.54) is 18.6 Å². The zero-order chi connectivity index (χ0) is 7.11. The van der Waals surface area contributed by atoms with Crippen molar-refractivity contribution in [1.82, 2.24) is 0 Å². The maximum Gasteiger partial charge on any atom is 0.0550 e. The highest BCUT2D eigenvalue weighted by Crippen LogP contribution is 2.24. The molecule has 1 nitrogen and oxygen atoms in total. The number of rotatable bonds is 1. The zero-order valence-corrected chi connectivity index (χ0v) is 7.08. The smallest absolute Gasteiger partial charge is 0.0550 e. The van der Waals surface area contributed by atoms with Gasteiger partial charge in [0.25, 0.3) is 0 Å².